The van der Waals surface area contributed by atoms with E-state index in [1.165, 1.54) is 6.08 Å². The molecule has 0 aromatic heterocycles. The highest BCUT2D eigenvalue weighted by molar-refractivity contribution is 6.07. The summed E-state index contributed by atoms with van der Waals surface area (Å²) in [6, 6.07) is 14.1. The van der Waals surface area contributed by atoms with Crippen molar-refractivity contribution in [3.8, 4) is 23.3 Å². The molecule has 0 N–H and O–H groups in total. The van der Waals surface area contributed by atoms with Crippen LogP contribution in [0.25, 0.3) is 6.08 Å². The van der Waals surface area contributed by atoms with Gasteiger partial charge in [-0.2, -0.15) is 5.26 Å². The van der Waals surface area contributed by atoms with E-state index in [-0.39, 0.29) is 12.4 Å². The molecule has 0 aliphatic rings. The van der Waals surface area contributed by atoms with Crippen molar-refractivity contribution in [1.82, 2.24) is 0 Å². The van der Waals surface area contributed by atoms with E-state index >= 15 is 0 Å². The number of hydrogen-bond donors (Lipinski definition) is 0. The third-order valence-corrected chi connectivity index (χ3v) is 3.37. The highest BCUT2D eigenvalue weighted by atomic mass is 16.5. The van der Waals surface area contributed by atoms with Crippen LogP contribution in [0.1, 0.15) is 22.8 Å². The van der Waals surface area contributed by atoms with Crippen LogP contribution in [-0.2, 0) is 0 Å². The molecule has 0 amide bonds. The number of ketones is 1. The summed E-state index contributed by atoms with van der Waals surface area (Å²) >= 11 is 0. The van der Waals surface area contributed by atoms with E-state index in [2.05, 4.69) is 0 Å². The molecule has 0 saturated carbocycles. The summed E-state index contributed by atoms with van der Waals surface area (Å²) < 4.78 is 16.1. The molecular formula is C20H19NO4. The number of nitrogens with zero attached hydrogens (tertiary/aromatic N) is 1. The number of hydrogen-bond acceptors (Lipinski definition) is 5. The second-order valence-electron chi connectivity index (χ2n) is 4.98. The van der Waals surface area contributed by atoms with Crippen molar-refractivity contribution in [2.45, 2.75) is 6.92 Å². The number of carbonyl (C=O) groups is 1. The zero-order chi connectivity index (χ0) is 18.1. The second kappa shape index (κ2) is 9.14. The van der Waals surface area contributed by atoms with Crippen LogP contribution in [0.3, 0.4) is 0 Å². The molecule has 0 aliphatic carbocycles. The standard InChI is InChI=1S/C20H19NO4/c1-3-24-19-6-4-5-16(20(19)23-2)9-12-18(22)15-7-10-17(11-8-15)25-14-13-21/h4-12H,3,14H2,1-2H3/b12-9+. The van der Waals surface area contributed by atoms with Gasteiger partial charge < -0.3 is 14.2 Å². The molecule has 2 aromatic rings. The minimum atomic E-state index is -0.143. The third-order valence-electron chi connectivity index (χ3n) is 3.37. The molecule has 0 spiro atoms. The van der Waals surface area contributed by atoms with Crippen LogP contribution in [0.15, 0.2) is 48.5 Å². The number of para-hydroxylation sites is 1. The van der Waals surface area contributed by atoms with Crippen molar-refractivity contribution in [2.75, 3.05) is 20.3 Å². The summed E-state index contributed by atoms with van der Waals surface area (Å²) in [6.45, 7) is 2.40. The van der Waals surface area contributed by atoms with Gasteiger partial charge >= 0.3 is 0 Å². The maximum atomic E-state index is 12.3. The van der Waals surface area contributed by atoms with Crippen LogP contribution in [0.2, 0.25) is 0 Å². The van der Waals surface area contributed by atoms with Gasteiger partial charge in [0.25, 0.3) is 0 Å². The number of allylic oxidation sites excluding steroid dienone is 1. The van der Waals surface area contributed by atoms with E-state index in [1.807, 2.05) is 31.2 Å². The Kier molecular flexibility index (Phi) is 6.61. The molecule has 0 atom stereocenters. The fourth-order valence-corrected chi connectivity index (χ4v) is 2.24. The molecule has 0 radical (unpaired) electrons. The fraction of sp³-hybridized carbons (Fsp3) is 0.200. The third kappa shape index (κ3) is 4.85. The number of nitriles is 1. The Balaban J connectivity index is 2.15. The lowest BCUT2D eigenvalue weighted by Gasteiger charge is -2.11. The first-order valence-corrected chi connectivity index (χ1v) is 7.81. The average molecular weight is 337 g/mol. The van der Waals surface area contributed by atoms with E-state index in [0.29, 0.717) is 29.4 Å². The van der Waals surface area contributed by atoms with Gasteiger partial charge in [-0.05, 0) is 49.4 Å². The summed E-state index contributed by atoms with van der Waals surface area (Å²) in [5.74, 6) is 1.64. The van der Waals surface area contributed by atoms with Crippen LogP contribution in [0.4, 0.5) is 0 Å². The van der Waals surface area contributed by atoms with Crippen molar-refractivity contribution in [3.05, 3.63) is 59.7 Å². The monoisotopic (exact) mass is 337 g/mol. The van der Waals surface area contributed by atoms with Gasteiger partial charge in [0.15, 0.2) is 23.9 Å². The molecule has 0 saturated heterocycles. The van der Waals surface area contributed by atoms with Crippen molar-refractivity contribution in [2.24, 2.45) is 0 Å². The molecule has 128 valence electrons. The number of rotatable bonds is 8. The molecule has 2 aromatic carbocycles. The fourth-order valence-electron chi connectivity index (χ4n) is 2.24. The van der Waals surface area contributed by atoms with Gasteiger partial charge in [0, 0.05) is 11.1 Å². The molecule has 0 heterocycles. The van der Waals surface area contributed by atoms with Crippen LogP contribution >= 0.6 is 0 Å². The Morgan fingerprint density at radius 1 is 1.16 bits per heavy atom. The summed E-state index contributed by atoms with van der Waals surface area (Å²) in [5.41, 5.74) is 1.29. The highest BCUT2D eigenvalue weighted by Crippen LogP contribution is 2.32. The second-order valence-corrected chi connectivity index (χ2v) is 4.98. The van der Waals surface area contributed by atoms with Gasteiger partial charge in [-0.25, -0.2) is 0 Å². The summed E-state index contributed by atoms with van der Waals surface area (Å²) in [6.07, 6.45) is 3.18. The normalized spacial score (nSPS) is 10.3. The molecule has 0 aliphatic heterocycles. The molecule has 2 rings (SSSR count). The summed E-state index contributed by atoms with van der Waals surface area (Å²) in [7, 11) is 1.57. The lowest BCUT2D eigenvalue weighted by Crippen LogP contribution is -1.98. The van der Waals surface area contributed by atoms with Crippen LogP contribution in [0, 0.1) is 11.3 Å². The van der Waals surface area contributed by atoms with Gasteiger partial charge in [-0.3, -0.25) is 4.79 Å². The lowest BCUT2D eigenvalue weighted by atomic mass is 10.1. The van der Waals surface area contributed by atoms with Crippen molar-refractivity contribution >= 4 is 11.9 Å². The van der Waals surface area contributed by atoms with Crippen LogP contribution in [0.5, 0.6) is 17.2 Å². The average Bonchev–Trinajstić information content (AvgIpc) is 2.65. The Morgan fingerprint density at radius 3 is 2.56 bits per heavy atom. The van der Waals surface area contributed by atoms with Crippen molar-refractivity contribution in [3.63, 3.8) is 0 Å². The van der Waals surface area contributed by atoms with Gasteiger partial charge in [0.05, 0.1) is 13.7 Å². The SMILES string of the molecule is CCOc1cccc(/C=C/C(=O)c2ccc(OCC#N)cc2)c1OC. The first kappa shape index (κ1) is 18.1. The van der Waals surface area contributed by atoms with Crippen LogP contribution < -0.4 is 14.2 Å². The van der Waals surface area contributed by atoms with Crippen molar-refractivity contribution < 1.29 is 19.0 Å². The smallest absolute Gasteiger partial charge is 0.185 e. The van der Waals surface area contributed by atoms with Crippen molar-refractivity contribution in [1.29, 1.82) is 5.26 Å². The molecule has 0 unspecified atom stereocenters. The number of ether oxygens (including phenoxy) is 3. The zero-order valence-electron chi connectivity index (χ0n) is 14.2. The Labute approximate surface area is 147 Å². The van der Waals surface area contributed by atoms with E-state index in [1.54, 1.807) is 37.5 Å². The first-order valence-electron chi connectivity index (χ1n) is 7.81. The zero-order valence-corrected chi connectivity index (χ0v) is 14.2. The maximum absolute atomic E-state index is 12.3. The van der Waals surface area contributed by atoms with Gasteiger partial charge in [0.1, 0.15) is 11.8 Å². The minimum absolute atomic E-state index is 0.0246. The van der Waals surface area contributed by atoms with Crippen LogP contribution in [-0.4, -0.2) is 26.1 Å². The van der Waals surface area contributed by atoms with Gasteiger partial charge in [0.2, 0.25) is 0 Å². The Morgan fingerprint density at radius 2 is 1.92 bits per heavy atom. The summed E-state index contributed by atoms with van der Waals surface area (Å²) in [5, 5.41) is 8.49. The molecule has 0 bridgehead atoms. The maximum Gasteiger partial charge on any atom is 0.185 e. The molecular weight excluding hydrogens is 318 g/mol. The van der Waals surface area contributed by atoms with E-state index in [4.69, 9.17) is 19.5 Å². The van der Waals surface area contributed by atoms with Gasteiger partial charge in [-0.1, -0.05) is 12.1 Å². The highest BCUT2D eigenvalue weighted by Gasteiger charge is 2.08. The molecule has 5 nitrogen and oxygen atoms in total. The predicted octanol–water partition coefficient (Wildman–Crippen LogP) is 3.89. The van der Waals surface area contributed by atoms with Gasteiger partial charge in [-0.15, -0.1) is 0 Å². The number of benzene rings is 2. The predicted molar refractivity (Wildman–Crippen MR) is 95.1 cm³/mol. The molecule has 0 fully saturated rings. The minimum Gasteiger partial charge on any atom is -0.492 e. The van der Waals surface area contributed by atoms with E-state index in [9.17, 15) is 4.79 Å². The summed E-state index contributed by atoms with van der Waals surface area (Å²) in [4.78, 5) is 12.3. The Bertz CT molecular complexity index is 788. The largest absolute Gasteiger partial charge is 0.492 e. The topological polar surface area (TPSA) is 68.5 Å². The van der Waals surface area contributed by atoms with E-state index < -0.39 is 0 Å². The number of carbonyl (C=O) groups excluding carboxylic acids is 1. The quantitative estimate of drug-likeness (QED) is 0.540. The number of methoxy groups -OCH3 is 1. The Hall–Kier alpha value is -3.26. The first-order chi connectivity index (χ1) is 12.2. The molecule has 25 heavy (non-hydrogen) atoms. The van der Waals surface area contributed by atoms with E-state index in [0.717, 1.165) is 5.56 Å². The lowest BCUT2D eigenvalue weighted by molar-refractivity contribution is 0.104. The molecule has 5 heteroatoms.